The van der Waals surface area contributed by atoms with Crippen molar-refractivity contribution in [1.29, 1.82) is 0 Å². The zero-order valence-corrected chi connectivity index (χ0v) is 16.5. The van der Waals surface area contributed by atoms with Crippen LogP contribution in [-0.4, -0.2) is 29.8 Å². The van der Waals surface area contributed by atoms with Gasteiger partial charge in [0.25, 0.3) is 0 Å². The molecule has 0 spiro atoms. The molecule has 1 saturated heterocycles. The number of methoxy groups -OCH3 is 1. The molecule has 1 aliphatic rings. The highest BCUT2D eigenvalue weighted by molar-refractivity contribution is 6.05. The van der Waals surface area contributed by atoms with Crippen LogP contribution in [-0.2, 0) is 7.05 Å². The SMILES string of the molecule is COc1ccc2c(ccc3c2nc(-c2ccc(N4CCCCC4)cc2)n3C)c1. The van der Waals surface area contributed by atoms with E-state index in [1.807, 2.05) is 6.07 Å². The van der Waals surface area contributed by atoms with E-state index in [-0.39, 0.29) is 0 Å². The lowest BCUT2D eigenvalue weighted by Gasteiger charge is -2.28. The standard InChI is InChI=1S/C24H25N3O/c1-26-22-13-8-18-16-20(28-2)11-12-21(18)23(22)25-24(26)17-6-9-19(10-7-17)27-14-4-3-5-15-27/h6-13,16H,3-5,14-15H2,1-2H3. The first-order valence-electron chi connectivity index (χ1n) is 10.0. The summed E-state index contributed by atoms with van der Waals surface area (Å²) >= 11 is 0. The van der Waals surface area contributed by atoms with Crippen LogP contribution in [0.15, 0.2) is 54.6 Å². The molecule has 4 aromatic rings. The van der Waals surface area contributed by atoms with E-state index in [1.54, 1.807) is 7.11 Å². The van der Waals surface area contributed by atoms with Gasteiger partial charge >= 0.3 is 0 Å². The summed E-state index contributed by atoms with van der Waals surface area (Å²) in [6.45, 7) is 2.34. The van der Waals surface area contributed by atoms with Gasteiger partial charge in [0.2, 0.25) is 0 Å². The molecule has 1 fully saturated rings. The fourth-order valence-corrected chi connectivity index (χ4v) is 4.32. The van der Waals surface area contributed by atoms with Crippen molar-refractivity contribution >= 4 is 27.5 Å². The summed E-state index contributed by atoms with van der Waals surface area (Å²) in [5.41, 5.74) is 4.66. The highest BCUT2D eigenvalue weighted by atomic mass is 16.5. The van der Waals surface area contributed by atoms with E-state index in [0.717, 1.165) is 38.9 Å². The van der Waals surface area contributed by atoms with Gasteiger partial charge in [0.1, 0.15) is 11.6 Å². The average Bonchev–Trinajstić information content (AvgIpc) is 3.11. The Kier molecular flexibility index (Phi) is 4.19. The van der Waals surface area contributed by atoms with Crippen LogP contribution in [0.3, 0.4) is 0 Å². The van der Waals surface area contributed by atoms with Crippen LogP contribution in [0.25, 0.3) is 33.2 Å². The minimum atomic E-state index is 0.872. The molecule has 0 amide bonds. The zero-order chi connectivity index (χ0) is 19.1. The third-order valence-corrected chi connectivity index (χ3v) is 5.92. The normalized spacial score (nSPS) is 14.7. The summed E-state index contributed by atoms with van der Waals surface area (Å²) in [5, 5.41) is 2.31. The number of ether oxygens (including phenoxy) is 1. The van der Waals surface area contributed by atoms with Gasteiger partial charge in [0, 0.05) is 36.8 Å². The molecule has 0 bridgehead atoms. The van der Waals surface area contributed by atoms with Crippen LogP contribution in [0.4, 0.5) is 5.69 Å². The zero-order valence-electron chi connectivity index (χ0n) is 16.5. The summed E-state index contributed by atoms with van der Waals surface area (Å²) < 4.78 is 7.55. The molecule has 0 saturated carbocycles. The van der Waals surface area contributed by atoms with E-state index >= 15 is 0 Å². The summed E-state index contributed by atoms with van der Waals surface area (Å²) in [4.78, 5) is 7.51. The van der Waals surface area contributed by atoms with Crippen LogP contribution in [0.2, 0.25) is 0 Å². The molecular weight excluding hydrogens is 346 g/mol. The Morgan fingerprint density at radius 2 is 1.68 bits per heavy atom. The first-order chi connectivity index (χ1) is 13.7. The third-order valence-electron chi connectivity index (χ3n) is 5.92. The van der Waals surface area contributed by atoms with Crippen molar-refractivity contribution in [3.05, 3.63) is 54.6 Å². The van der Waals surface area contributed by atoms with Crippen molar-refractivity contribution in [3.63, 3.8) is 0 Å². The highest BCUT2D eigenvalue weighted by Crippen LogP contribution is 2.32. The van der Waals surface area contributed by atoms with Gasteiger partial charge in [-0.2, -0.15) is 0 Å². The number of piperidine rings is 1. The van der Waals surface area contributed by atoms with Crippen LogP contribution in [0, 0.1) is 0 Å². The summed E-state index contributed by atoms with van der Waals surface area (Å²) in [6.07, 6.45) is 3.95. The predicted molar refractivity (Wildman–Crippen MR) is 116 cm³/mol. The topological polar surface area (TPSA) is 30.3 Å². The van der Waals surface area contributed by atoms with Gasteiger partial charge < -0.3 is 14.2 Å². The molecule has 28 heavy (non-hydrogen) atoms. The van der Waals surface area contributed by atoms with Crippen molar-refractivity contribution in [2.45, 2.75) is 19.3 Å². The molecule has 1 aliphatic heterocycles. The molecule has 0 radical (unpaired) electrons. The maximum absolute atomic E-state index is 5.36. The molecule has 5 rings (SSSR count). The van der Waals surface area contributed by atoms with Gasteiger partial charge in [-0.15, -0.1) is 0 Å². The highest BCUT2D eigenvalue weighted by Gasteiger charge is 2.14. The number of nitrogens with zero attached hydrogens (tertiary/aromatic N) is 3. The van der Waals surface area contributed by atoms with Gasteiger partial charge in [-0.05, 0) is 73.2 Å². The Morgan fingerprint density at radius 1 is 0.893 bits per heavy atom. The number of aryl methyl sites for hydroxylation is 1. The van der Waals surface area contributed by atoms with Crippen molar-refractivity contribution in [1.82, 2.24) is 9.55 Å². The molecule has 0 aliphatic carbocycles. The van der Waals surface area contributed by atoms with Gasteiger partial charge in [0.15, 0.2) is 0 Å². The minimum absolute atomic E-state index is 0.872. The molecule has 4 nitrogen and oxygen atoms in total. The van der Waals surface area contributed by atoms with Crippen molar-refractivity contribution < 1.29 is 4.74 Å². The molecule has 0 N–H and O–H groups in total. The predicted octanol–water partition coefficient (Wildman–Crippen LogP) is 5.39. The Balaban J connectivity index is 1.56. The fourth-order valence-electron chi connectivity index (χ4n) is 4.32. The van der Waals surface area contributed by atoms with Crippen molar-refractivity contribution in [3.8, 4) is 17.1 Å². The van der Waals surface area contributed by atoms with Crippen LogP contribution in [0.1, 0.15) is 19.3 Å². The number of hydrogen-bond donors (Lipinski definition) is 0. The van der Waals surface area contributed by atoms with Crippen molar-refractivity contribution in [2.24, 2.45) is 7.05 Å². The first kappa shape index (κ1) is 17.1. The molecule has 4 heteroatoms. The second-order valence-electron chi connectivity index (χ2n) is 7.61. The molecule has 0 atom stereocenters. The van der Waals surface area contributed by atoms with E-state index in [4.69, 9.17) is 9.72 Å². The van der Waals surface area contributed by atoms with Gasteiger partial charge in [-0.25, -0.2) is 4.98 Å². The monoisotopic (exact) mass is 371 g/mol. The maximum Gasteiger partial charge on any atom is 0.140 e. The number of hydrogen-bond acceptors (Lipinski definition) is 3. The lowest BCUT2D eigenvalue weighted by Crippen LogP contribution is -2.29. The van der Waals surface area contributed by atoms with Crippen molar-refractivity contribution in [2.75, 3.05) is 25.1 Å². The number of aromatic nitrogens is 2. The van der Waals surface area contributed by atoms with E-state index in [9.17, 15) is 0 Å². The Bertz CT molecular complexity index is 1140. The second-order valence-corrected chi connectivity index (χ2v) is 7.61. The molecular formula is C24H25N3O. The van der Waals surface area contributed by atoms with E-state index < -0.39 is 0 Å². The van der Waals surface area contributed by atoms with E-state index in [2.05, 4.69) is 65.0 Å². The number of anilines is 1. The van der Waals surface area contributed by atoms with E-state index in [1.165, 1.54) is 38.0 Å². The van der Waals surface area contributed by atoms with Gasteiger partial charge in [-0.1, -0.05) is 6.07 Å². The Morgan fingerprint density at radius 3 is 2.43 bits per heavy atom. The average molecular weight is 371 g/mol. The summed E-state index contributed by atoms with van der Waals surface area (Å²) in [6, 6.07) is 19.4. The number of fused-ring (bicyclic) bond motifs is 3. The quantitative estimate of drug-likeness (QED) is 0.483. The molecule has 2 heterocycles. The van der Waals surface area contributed by atoms with E-state index in [0.29, 0.717) is 0 Å². The maximum atomic E-state index is 5.36. The smallest absolute Gasteiger partial charge is 0.140 e. The fraction of sp³-hybridized carbons (Fsp3) is 0.292. The first-order valence-corrected chi connectivity index (χ1v) is 10.0. The largest absolute Gasteiger partial charge is 0.497 e. The molecule has 142 valence electrons. The number of rotatable bonds is 3. The van der Waals surface area contributed by atoms with Crippen LogP contribution < -0.4 is 9.64 Å². The molecule has 1 aromatic heterocycles. The van der Waals surface area contributed by atoms with Crippen LogP contribution in [0.5, 0.6) is 5.75 Å². The van der Waals surface area contributed by atoms with Crippen LogP contribution >= 0.6 is 0 Å². The van der Waals surface area contributed by atoms with Gasteiger partial charge in [-0.3, -0.25) is 0 Å². The third kappa shape index (κ3) is 2.80. The molecule has 0 unspecified atom stereocenters. The number of benzene rings is 3. The van der Waals surface area contributed by atoms with Gasteiger partial charge in [0.05, 0.1) is 18.1 Å². The minimum Gasteiger partial charge on any atom is -0.497 e. The Hall–Kier alpha value is -3.01. The number of imidazole rings is 1. The lowest BCUT2D eigenvalue weighted by molar-refractivity contribution is 0.415. The lowest BCUT2D eigenvalue weighted by atomic mass is 10.1. The summed E-state index contributed by atoms with van der Waals surface area (Å²) in [5.74, 6) is 1.87. The molecule has 3 aromatic carbocycles. The summed E-state index contributed by atoms with van der Waals surface area (Å²) in [7, 11) is 3.80. The Labute approximate surface area is 165 Å². The second kappa shape index (κ2) is 6.86.